The molecular formula is C14H20N2O. The number of fused-ring (bicyclic) bond motifs is 1. The Kier molecular flexibility index (Phi) is 3.04. The largest absolute Gasteiger partial charge is 0.373 e. The molecule has 3 rings (SSSR count). The van der Waals surface area contributed by atoms with Crippen LogP contribution in [-0.2, 0) is 6.42 Å². The first-order valence-electron chi connectivity index (χ1n) is 6.59. The van der Waals surface area contributed by atoms with Crippen molar-refractivity contribution in [2.75, 3.05) is 24.5 Å². The van der Waals surface area contributed by atoms with E-state index < -0.39 is 0 Å². The van der Waals surface area contributed by atoms with Gasteiger partial charge in [0.15, 0.2) is 0 Å². The molecule has 3 heteroatoms. The molecule has 2 N–H and O–H groups in total. The maximum atomic E-state index is 10.5. The highest BCUT2D eigenvalue weighted by Crippen LogP contribution is 2.32. The smallest absolute Gasteiger partial charge is 0.129 e. The number of rotatable bonds is 2. The summed E-state index contributed by atoms with van der Waals surface area (Å²) < 4.78 is 0. The SMILES string of the molecule is OC(C1CCNCC1)N1CCc2ccccc21. The normalized spacial score (nSPS) is 22.5. The van der Waals surface area contributed by atoms with Gasteiger partial charge in [-0.05, 0) is 44.0 Å². The fraction of sp³-hybridized carbons (Fsp3) is 0.571. The molecule has 0 saturated carbocycles. The maximum Gasteiger partial charge on any atom is 0.129 e. The first kappa shape index (κ1) is 11.1. The number of nitrogens with zero attached hydrogens (tertiary/aromatic N) is 1. The van der Waals surface area contributed by atoms with Crippen LogP contribution < -0.4 is 10.2 Å². The zero-order valence-corrected chi connectivity index (χ0v) is 10.1. The van der Waals surface area contributed by atoms with Crippen molar-refractivity contribution in [3.8, 4) is 0 Å². The molecular weight excluding hydrogens is 212 g/mol. The zero-order chi connectivity index (χ0) is 11.7. The molecule has 1 atom stereocenters. The summed E-state index contributed by atoms with van der Waals surface area (Å²) in [5.41, 5.74) is 2.61. The van der Waals surface area contributed by atoms with Crippen molar-refractivity contribution in [3.05, 3.63) is 29.8 Å². The highest BCUT2D eigenvalue weighted by Gasteiger charge is 2.30. The first-order chi connectivity index (χ1) is 8.36. The Hall–Kier alpha value is -1.06. The lowest BCUT2D eigenvalue weighted by molar-refractivity contribution is 0.0866. The molecule has 2 heterocycles. The number of para-hydroxylation sites is 1. The van der Waals surface area contributed by atoms with Gasteiger partial charge in [0.2, 0.25) is 0 Å². The third-order valence-corrected chi connectivity index (χ3v) is 4.05. The number of nitrogens with one attached hydrogen (secondary N) is 1. The summed E-state index contributed by atoms with van der Waals surface area (Å²) in [6, 6.07) is 8.45. The maximum absolute atomic E-state index is 10.5. The van der Waals surface area contributed by atoms with Crippen LogP contribution in [0.5, 0.6) is 0 Å². The van der Waals surface area contributed by atoms with E-state index in [-0.39, 0.29) is 6.23 Å². The monoisotopic (exact) mass is 232 g/mol. The third kappa shape index (κ3) is 2.05. The van der Waals surface area contributed by atoms with Gasteiger partial charge in [-0.25, -0.2) is 0 Å². The molecule has 0 aliphatic carbocycles. The Morgan fingerprint density at radius 1 is 1.24 bits per heavy atom. The van der Waals surface area contributed by atoms with Gasteiger partial charge in [-0.2, -0.15) is 0 Å². The highest BCUT2D eigenvalue weighted by molar-refractivity contribution is 5.58. The minimum absolute atomic E-state index is 0.305. The average Bonchev–Trinajstić information content (AvgIpc) is 2.83. The molecule has 2 aliphatic rings. The van der Waals surface area contributed by atoms with Gasteiger partial charge in [-0.3, -0.25) is 0 Å². The van der Waals surface area contributed by atoms with Crippen LogP contribution in [0.15, 0.2) is 24.3 Å². The number of hydrogen-bond donors (Lipinski definition) is 2. The van der Waals surface area contributed by atoms with E-state index in [4.69, 9.17) is 0 Å². The van der Waals surface area contributed by atoms with Crippen LogP contribution >= 0.6 is 0 Å². The number of aliphatic hydroxyl groups excluding tert-OH is 1. The summed E-state index contributed by atoms with van der Waals surface area (Å²) in [6.45, 7) is 3.04. The Bertz CT molecular complexity index is 388. The molecule has 0 bridgehead atoms. The Labute approximate surface area is 102 Å². The van der Waals surface area contributed by atoms with Crippen molar-refractivity contribution in [2.45, 2.75) is 25.5 Å². The van der Waals surface area contributed by atoms with Crippen LogP contribution in [0.25, 0.3) is 0 Å². The second-order valence-corrected chi connectivity index (χ2v) is 5.07. The van der Waals surface area contributed by atoms with Crippen LogP contribution in [0, 0.1) is 5.92 Å². The van der Waals surface area contributed by atoms with Gasteiger partial charge in [0.25, 0.3) is 0 Å². The minimum atomic E-state index is -0.305. The van der Waals surface area contributed by atoms with Crippen molar-refractivity contribution < 1.29 is 5.11 Å². The molecule has 17 heavy (non-hydrogen) atoms. The predicted molar refractivity (Wildman–Crippen MR) is 69.1 cm³/mol. The Morgan fingerprint density at radius 3 is 2.82 bits per heavy atom. The van der Waals surface area contributed by atoms with E-state index in [0.717, 1.165) is 38.9 Å². The molecule has 0 aromatic heterocycles. The van der Waals surface area contributed by atoms with Gasteiger partial charge in [0.1, 0.15) is 6.23 Å². The molecule has 2 aliphatic heterocycles. The molecule has 1 aromatic rings. The zero-order valence-electron chi connectivity index (χ0n) is 10.1. The molecule has 92 valence electrons. The first-order valence-corrected chi connectivity index (χ1v) is 6.59. The van der Waals surface area contributed by atoms with E-state index in [9.17, 15) is 5.11 Å². The molecule has 1 fully saturated rings. The fourth-order valence-electron chi connectivity index (χ4n) is 3.04. The molecule has 0 amide bonds. The van der Waals surface area contributed by atoms with Gasteiger partial charge in [-0.1, -0.05) is 18.2 Å². The van der Waals surface area contributed by atoms with Crippen molar-refractivity contribution >= 4 is 5.69 Å². The number of anilines is 1. The van der Waals surface area contributed by atoms with Crippen LogP contribution in [0.2, 0.25) is 0 Å². The number of aliphatic hydroxyl groups is 1. The van der Waals surface area contributed by atoms with Crippen LogP contribution in [0.4, 0.5) is 5.69 Å². The lowest BCUT2D eigenvalue weighted by Gasteiger charge is -2.34. The Morgan fingerprint density at radius 2 is 2.00 bits per heavy atom. The summed E-state index contributed by atoms with van der Waals surface area (Å²) in [6.07, 6.45) is 2.93. The molecule has 3 nitrogen and oxygen atoms in total. The van der Waals surface area contributed by atoms with Gasteiger partial charge in [-0.15, -0.1) is 0 Å². The summed E-state index contributed by atoms with van der Waals surface area (Å²) in [4.78, 5) is 2.19. The summed E-state index contributed by atoms with van der Waals surface area (Å²) in [7, 11) is 0. The molecule has 0 radical (unpaired) electrons. The van der Waals surface area contributed by atoms with Gasteiger partial charge in [0, 0.05) is 18.2 Å². The number of benzene rings is 1. The van der Waals surface area contributed by atoms with Crippen molar-refractivity contribution in [2.24, 2.45) is 5.92 Å². The Balaban J connectivity index is 1.76. The number of hydrogen-bond acceptors (Lipinski definition) is 3. The quantitative estimate of drug-likeness (QED) is 0.808. The van der Waals surface area contributed by atoms with E-state index in [1.54, 1.807) is 0 Å². The number of piperidine rings is 1. The molecule has 1 saturated heterocycles. The third-order valence-electron chi connectivity index (χ3n) is 4.05. The van der Waals surface area contributed by atoms with Crippen molar-refractivity contribution in [3.63, 3.8) is 0 Å². The topological polar surface area (TPSA) is 35.5 Å². The molecule has 1 aromatic carbocycles. The van der Waals surface area contributed by atoms with Crippen LogP contribution in [0.1, 0.15) is 18.4 Å². The lowest BCUT2D eigenvalue weighted by Crippen LogP contribution is -2.44. The molecule has 1 unspecified atom stereocenters. The summed E-state index contributed by atoms with van der Waals surface area (Å²) in [5, 5.41) is 13.9. The van der Waals surface area contributed by atoms with Gasteiger partial charge < -0.3 is 15.3 Å². The minimum Gasteiger partial charge on any atom is -0.373 e. The summed E-state index contributed by atoms with van der Waals surface area (Å²) >= 11 is 0. The van der Waals surface area contributed by atoms with E-state index in [1.165, 1.54) is 11.3 Å². The van der Waals surface area contributed by atoms with E-state index in [2.05, 4.69) is 34.5 Å². The summed E-state index contributed by atoms with van der Waals surface area (Å²) in [5.74, 6) is 0.419. The van der Waals surface area contributed by atoms with E-state index >= 15 is 0 Å². The van der Waals surface area contributed by atoms with E-state index in [0.29, 0.717) is 5.92 Å². The predicted octanol–water partition coefficient (Wildman–Crippen LogP) is 1.37. The lowest BCUT2D eigenvalue weighted by atomic mass is 9.95. The second-order valence-electron chi connectivity index (χ2n) is 5.07. The van der Waals surface area contributed by atoms with Crippen LogP contribution in [-0.4, -0.2) is 31.0 Å². The molecule has 0 spiro atoms. The fourth-order valence-corrected chi connectivity index (χ4v) is 3.04. The van der Waals surface area contributed by atoms with Crippen molar-refractivity contribution in [1.29, 1.82) is 0 Å². The standard InChI is InChI=1S/C14H20N2O/c17-14(12-5-8-15-9-6-12)16-10-7-11-3-1-2-4-13(11)16/h1-4,12,14-15,17H,5-10H2. The van der Waals surface area contributed by atoms with Crippen LogP contribution in [0.3, 0.4) is 0 Å². The van der Waals surface area contributed by atoms with Gasteiger partial charge in [0.05, 0.1) is 0 Å². The average molecular weight is 232 g/mol. The second kappa shape index (κ2) is 4.67. The highest BCUT2D eigenvalue weighted by atomic mass is 16.3. The van der Waals surface area contributed by atoms with Crippen molar-refractivity contribution in [1.82, 2.24) is 5.32 Å². The van der Waals surface area contributed by atoms with Gasteiger partial charge >= 0.3 is 0 Å². The van der Waals surface area contributed by atoms with E-state index in [1.807, 2.05) is 0 Å².